The molecule has 0 aromatic carbocycles. The van der Waals surface area contributed by atoms with Crippen molar-refractivity contribution in [2.24, 2.45) is 0 Å². The topological polar surface area (TPSA) is 71.1 Å². The molecule has 0 aromatic rings. The van der Waals surface area contributed by atoms with Crippen LogP contribution in [0.1, 0.15) is 27.7 Å². The molecule has 0 bridgehead atoms. The molecule has 116 valence electrons. The average molecular weight is 288 g/mol. The van der Waals surface area contributed by atoms with Crippen molar-refractivity contribution < 1.29 is 28.5 Å². The van der Waals surface area contributed by atoms with Gasteiger partial charge in [-0.25, -0.2) is 9.59 Å². The second-order valence-corrected chi connectivity index (χ2v) is 5.17. The van der Waals surface area contributed by atoms with Gasteiger partial charge >= 0.3 is 11.9 Å². The van der Waals surface area contributed by atoms with E-state index in [1.165, 1.54) is 0 Å². The van der Waals surface area contributed by atoms with Gasteiger partial charge in [0.05, 0.1) is 19.8 Å². The second kappa shape index (κ2) is 9.50. The number of esters is 2. The first-order valence-electron chi connectivity index (χ1n) is 6.42. The van der Waals surface area contributed by atoms with E-state index in [0.29, 0.717) is 12.2 Å². The first-order valence-corrected chi connectivity index (χ1v) is 6.42. The molecule has 6 nitrogen and oxygen atoms in total. The molecule has 0 saturated heterocycles. The minimum absolute atomic E-state index is 0.106. The molecule has 6 heteroatoms. The third kappa shape index (κ3) is 11.7. The fraction of sp³-hybridized carbons (Fsp3) is 0.714. The summed E-state index contributed by atoms with van der Waals surface area (Å²) in [5.41, 5.74) is -0.157. The van der Waals surface area contributed by atoms with Gasteiger partial charge in [-0.05, 0) is 27.7 Å². The van der Waals surface area contributed by atoms with Crippen molar-refractivity contribution in [2.75, 3.05) is 33.0 Å². The molecule has 0 rings (SSSR count). The number of ether oxygens (including phenoxy) is 4. The standard InChI is InChI=1S/C14H24O6/c1-11(2)13(16)19-9-8-17-6-7-18-10-12(15)20-14(3,4)5/h1,6-10H2,2-5H3. The molecule has 0 aliphatic carbocycles. The predicted molar refractivity (Wildman–Crippen MR) is 73.3 cm³/mol. The van der Waals surface area contributed by atoms with Gasteiger partial charge in [-0.2, -0.15) is 0 Å². The van der Waals surface area contributed by atoms with Gasteiger partial charge in [0.2, 0.25) is 0 Å². The molecule has 0 atom stereocenters. The van der Waals surface area contributed by atoms with Crippen LogP contribution in [-0.4, -0.2) is 50.6 Å². The Morgan fingerprint density at radius 2 is 1.55 bits per heavy atom. The van der Waals surface area contributed by atoms with Gasteiger partial charge in [-0.15, -0.1) is 0 Å². The van der Waals surface area contributed by atoms with Crippen LogP contribution in [0.15, 0.2) is 12.2 Å². The van der Waals surface area contributed by atoms with E-state index < -0.39 is 17.5 Å². The lowest BCUT2D eigenvalue weighted by Crippen LogP contribution is -2.27. The number of carbonyl (C=O) groups is 2. The number of hydrogen-bond acceptors (Lipinski definition) is 6. The summed E-state index contributed by atoms with van der Waals surface area (Å²) in [7, 11) is 0. The van der Waals surface area contributed by atoms with Crippen LogP contribution in [0.4, 0.5) is 0 Å². The Balaban J connectivity index is 3.39. The maximum atomic E-state index is 11.3. The Labute approximate surface area is 120 Å². The highest BCUT2D eigenvalue weighted by atomic mass is 16.6. The van der Waals surface area contributed by atoms with Crippen LogP contribution in [0.5, 0.6) is 0 Å². The fourth-order valence-electron chi connectivity index (χ4n) is 1.06. The van der Waals surface area contributed by atoms with Crippen LogP contribution in [0.25, 0.3) is 0 Å². The lowest BCUT2D eigenvalue weighted by molar-refractivity contribution is -0.160. The zero-order chi connectivity index (χ0) is 15.6. The third-order valence-corrected chi connectivity index (χ3v) is 1.82. The molecule has 0 radical (unpaired) electrons. The Bertz CT molecular complexity index is 329. The zero-order valence-electron chi connectivity index (χ0n) is 12.7. The fourth-order valence-corrected chi connectivity index (χ4v) is 1.06. The second-order valence-electron chi connectivity index (χ2n) is 5.17. The lowest BCUT2D eigenvalue weighted by Gasteiger charge is -2.19. The van der Waals surface area contributed by atoms with Crippen LogP contribution in [-0.2, 0) is 28.5 Å². The number of rotatable bonds is 9. The van der Waals surface area contributed by atoms with Crippen molar-refractivity contribution in [2.45, 2.75) is 33.3 Å². The van der Waals surface area contributed by atoms with Crippen LogP contribution in [0.2, 0.25) is 0 Å². The summed E-state index contributed by atoms with van der Waals surface area (Å²) in [6, 6.07) is 0. The molecule has 0 N–H and O–H groups in total. The van der Waals surface area contributed by atoms with Crippen molar-refractivity contribution >= 4 is 11.9 Å². The maximum Gasteiger partial charge on any atom is 0.333 e. The van der Waals surface area contributed by atoms with E-state index in [1.54, 1.807) is 27.7 Å². The molecule has 0 aliphatic heterocycles. The van der Waals surface area contributed by atoms with Crippen LogP contribution in [0, 0.1) is 0 Å². The molecule has 0 unspecified atom stereocenters. The molecule has 0 spiro atoms. The quantitative estimate of drug-likeness (QED) is 0.363. The molecule has 20 heavy (non-hydrogen) atoms. The summed E-state index contributed by atoms with van der Waals surface area (Å²) >= 11 is 0. The van der Waals surface area contributed by atoms with Crippen molar-refractivity contribution in [3.63, 3.8) is 0 Å². The summed E-state index contributed by atoms with van der Waals surface area (Å²) in [6.45, 7) is 11.3. The Morgan fingerprint density at radius 1 is 1.00 bits per heavy atom. The van der Waals surface area contributed by atoms with Gasteiger partial charge < -0.3 is 18.9 Å². The molecule has 0 aliphatic rings. The van der Waals surface area contributed by atoms with E-state index in [9.17, 15) is 9.59 Å². The zero-order valence-corrected chi connectivity index (χ0v) is 12.7. The highest BCUT2D eigenvalue weighted by Crippen LogP contribution is 2.06. The van der Waals surface area contributed by atoms with Gasteiger partial charge in [0.25, 0.3) is 0 Å². The van der Waals surface area contributed by atoms with Crippen molar-refractivity contribution in [1.29, 1.82) is 0 Å². The number of hydrogen-bond donors (Lipinski definition) is 0. The van der Waals surface area contributed by atoms with Crippen molar-refractivity contribution in [3.05, 3.63) is 12.2 Å². The minimum Gasteiger partial charge on any atom is -0.460 e. The molecule has 0 amide bonds. The Morgan fingerprint density at radius 3 is 2.10 bits per heavy atom. The van der Waals surface area contributed by atoms with Crippen LogP contribution >= 0.6 is 0 Å². The van der Waals surface area contributed by atoms with E-state index in [0.717, 1.165) is 0 Å². The molecular formula is C14H24O6. The van der Waals surface area contributed by atoms with Crippen LogP contribution < -0.4 is 0 Å². The highest BCUT2D eigenvalue weighted by molar-refractivity contribution is 5.86. The first kappa shape index (κ1) is 18.6. The predicted octanol–water partition coefficient (Wildman–Crippen LogP) is 1.48. The van der Waals surface area contributed by atoms with Crippen LogP contribution in [0.3, 0.4) is 0 Å². The molecule has 0 fully saturated rings. The third-order valence-electron chi connectivity index (χ3n) is 1.82. The summed E-state index contributed by atoms with van der Waals surface area (Å²) in [4.78, 5) is 22.3. The summed E-state index contributed by atoms with van der Waals surface area (Å²) in [5.74, 6) is -0.845. The minimum atomic E-state index is -0.510. The summed E-state index contributed by atoms with van der Waals surface area (Å²) in [5, 5.41) is 0. The summed E-state index contributed by atoms with van der Waals surface area (Å²) < 4.78 is 20.1. The smallest absolute Gasteiger partial charge is 0.333 e. The van der Waals surface area contributed by atoms with Gasteiger partial charge in [0.1, 0.15) is 18.8 Å². The molecule has 0 aromatic heterocycles. The monoisotopic (exact) mass is 288 g/mol. The van der Waals surface area contributed by atoms with Gasteiger partial charge in [0.15, 0.2) is 0 Å². The lowest BCUT2D eigenvalue weighted by atomic mass is 10.2. The average Bonchev–Trinajstić information content (AvgIpc) is 2.29. The Hall–Kier alpha value is -1.40. The van der Waals surface area contributed by atoms with Gasteiger partial charge in [-0.3, -0.25) is 0 Å². The molecule has 0 heterocycles. The largest absolute Gasteiger partial charge is 0.460 e. The van der Waals surface area contributed by atoms with E-state index in [4.69, 9.17) is 18.9 Å². The van der Waals surface area contributed by atoms with Gasteiger partial charge in [0, 0.05) is 5.57 Å². The van der Waals surface area contributed by atoms with Gasteiger partial charge in [-0.1, -0.05) is 6.58 Å². The SMILES string of the molecule is C=C(C)C(=O)OCCOCCOCC(=O)OC(C)(C)C. The summed E-state index contributed by atoms with van der Waals surface area (Å²) in [6.07, 6.45) is 0. The Kier molecular flexibility index (Phi) is 8.83. The first-order chi connectivity index (χ1) is 9.22. The van der Waals surface area contributed by atoms with Crippen molar-refractivity contribution in [1.82, 2.24) is 0 Å². The van der Waals surface area contributed by atoms with E-state index >= 15 is 0 Å². The van der Waals surface area contributed by atoms with E-state index in [-0.39, 0.29) is 26.4 Å². The maximum absolute atomic E-state index is 11.3. The molecule has 0 saturated carbocycles. The normalized spacial score (nSPS) is 11.0. The highest BCUT2D eigenvalue weighted by Gasteiger charge is 2.15. The van der Waals surface area contributed by atoms with E-state index in [2.05, 4.69) is 6.58 Å². The number of carbonyl (C=O) groups excluding carboxylic acids is 2. The van der Waals surface area contributed by atoms with E-state index in [1.807, 2.05) is 0 Å². The van der Waals surface area contributed by atoms with Crippen molar-refractivity contribution in [3.8, 4) is 0 Å². The molecular weight excluding hydrogens is 264 g/mol.